The Bertz CT molecular complexity index is 525. The lowest BCUT2D eigenvalue weighted by Gasteiger charge is -2.26. The van der Waals surface area contributed by atoms with Crippen molar-refractivity contribution in [2.45, 2.75) is 32.6 Å². The van der Waals surface area contributed by atoms with Crippen LogP contribution in [0.25, 0.3) is 0 Å². The van der Waals surface area contributed by atoms with Crippen molar-refractivity contribution >= 4 is 11.8 Å². The van der Waals surface area contributed by atoms with Gasteiger partial charge in [-0.2, -0.15) is 5.10 Å². The van der Waals surface area contributed by atoms with Gasteiger partial charge in [-0.3, -0.25) is 14.7 Å². The minimum absolute atomic E-state index is 0.0387. The molecule has 0 spiro atoms. The van der Waals surface area contributed by atoms with E-state index in [-0.39, 0.29) is 17.7 Å². The maximum atomic E-state index is 12.5. The summed E-state index contributed by atoms with van der Waals surface area (Å²) in [6.07, 6.45) is 4.85. The van der Waals surface area contributed by atoms with Crippen LogP contribution in [-0.4, -0.2) is 51.6 Å². The smallest absolute Gasteiger partial charge is 0.227 e. The Morgan fingerprint density at radius 3 is 3.00 bits per heavy atom. The van der Waals surface area contributed by atoms with Crippen LogP contribution in [0.1, 0.15) is 31.0 Å². The summed E-state index contributed by atoms with van der Waals surface area (Å²) in [5.74, 6) is 0.348. The second-order valence-corrected chi connectivity index (χ2v) is 5.57. The van der Waals surface area contributed by atoms with Crippen molar-refractivity contribution in [3.05, 3.63) is 17.5 Å². The molecule has 6 nitrogen and oxygen atoms in total. The van der Waals surface area contributed by atoms with Gasteiger partial charge in [0.1, 0.15) is 0 Å². The van der Waals surface area contributed by atoms with E-state index in [0.717, 1.165) is 24.8 Å². The maximum Gasteiger partial charge on any atom is 0.227 e. The molecule has 3 rings (SSSR count). The Morgan fingerprint density at radius 1 is 1.40 bits per heavy atom. The quantitative estimate of drug-likeness (QED) is 0.857. The van der Waals surface area contributed by atoms with Gasteiger partial charge in [-0.1, -0.05) is 6.92 Å². The third-order valence-corrected chi connectivity index (χ3v) is 4.31. The predicted octanol–water partition coefficient (Wildman–Crippen LogP) is 0.553. The molecule has 1 aromatic heterocycles. The fourth-order valence-corrected chi connectivity index (χ4v) is 3.08. The first-order valence-corrected chi connectivity index (χ1v) is 7.26. The summed E-state index contributed by atoms with van der Waals surface area (Å²) in [6.45, 7) is 3.65. The van der Waals surface area contributed by atoms with Crippen molar-refractivity contribution in [3.63, 3.8) is 0 Å². The molecule has 1 unspecified atom stereocenters. The highest BCUT2D eigenvalue weighted by Crippen LogP contribution is 2.26. The number of aromatic nitrogens is 2. The number of amides is 2. The van der Waals surface area contributed by atoms with Gasteiger partial charge >= 0.3 is 0 Å². The van der Waals surface area contributed by atoms with Gasteiger partial charge in [-0.05, 0) is 24.8 Å². The van der Waals surface area contributed by atoms with Crippen LogP contribution in [0.4, 0.5) is 0 Å². The third-order valence-electron chi connectivity index (χ3n) is 4.31. The van der Waals surface area contributed by atoms with E-state index in [1.165, 1.54) is 5.69 Å². The number of fused-ring (bicyclic) bond motifs is 1. The molecule has 6 heteroatoms. The number of hydrogen-bond acceptors (Lipinski definition) is 3. The highest BCUT2D eigenvalue weighted by Gasteiger charge is 2.33. The molecule has 1 N–H and O–H groups in total. The molecule has 1 aromatic rings. The molecule has 1 saturated heterocycles. The van der Waals surface area contributed by atoms with Gasteiger partial charge in [-0.15, -0.1) is 0 Å². The molecule has 1 aliphatic carbocycles. The lowest BCUT2D eigenvalue weighted by molar-refractivity contribution is -0.137. The number of H-pyrrole nitrogens is 1. The molecule has 1 atom stereocenters. The Labute approximate surface area is 118 Å². The molecule has 2 amide bonds. The number of nitrogens with zero attached hydrogens (tertiary/aromatic N) is 3. The standard InChI is InChI=1S/C14H20N4O2/c1-2-13(19)17-5-6-18(9-17)14(20)10-3-4-12-11(7-10)8-15-16-12/h8,10H,2-7,9H2,1H3,(H,15,16). The van der Waals surface area contributed by atoms with E-state index in [9.17, 15) is 9.59 Å². The van der Waals surface area contributed by atoms with Crippen LogP contribution in [0.5, 0.6) is 0 Å². The van der Waals surface area contributed by atoms with E-state index in [1.807, 2.05) is 18.0 Å². The van der Waals surface area contributed by atoms with Gasteiger partial charge in [-0.25, -0.2) is 0 Å². The summed E-state index contributed by atoms with van der Waals surface area (Å²) in [5, 5.41) is 7.03. The van der Waals surface area contributed by atoms with Crippen molar-refractivity contribution in [1.29, 1.82) is 0 Å². The molecule has 0 aromatic carbocycles. The first-order valence-electron chi connectivity index (χ1n) is 7.26. The molecule has 0 bridgehead atoms. The van der Waals surface area contributed by atoms with Crippen molar-refractivity contribution in [1.82, 2.24) is 20.0 Å². The van der Waals surface area contributed by atoms with Gasteiger partial charge in [0, 0.05) is 31.1 Å². The lowest BCUT2D eigenvalue weighted by Crippen LogP contribution is -2.39. The summed E-state index contributed by atoms with van der Waals surface area (Å²) in [7, 11) is 0. The van der Waals surface area contributed by atoms with Crippen molar-refractivity contribution in [2.75, 3.05) is 19.8 Å². The van der Waals surface area contributed by atoms with Crippen LogP contribution >= 0.6 is 0 Å². The van der Waals surface area contributed by atoms with E-state index in [2.05, 4.69) is 10.2 Å². The summed E-state index contributed by atoms with van der Waals surface area (Å²) in [4.78, 5) is 27.8. The van der Waals surface area contributed by atoms with Gasteiger partial charge in [0.2, 0.25) is 11.8 Å². The lowest BCUT2D eigenvalue weighted by atomic mass is 9.87. The summed E-state index contributed by atoms with van der Waals surface area (Å²) < 4.78 is 0. The number of aryl methyl sites for hydroxylation is 1. The fourth-order valence-electron chi connectivity index (χ4n) is 3.08. The second-order valence-electron chi connectivity index (χ2n) is 5.57. The first-order chi connectivity index (χ1) is 9.69. The molecule has 20 heavy (non-hydrogen) atoms. The molecule has 1 fully saturated rings. The number of carbonyl (C=O) groups is 2. The number of carbonyl (C=O) groups excluding carboxylic acids is 2. The van der Waals surface area contributed by atoms with Crippen LogP contribution in [-0.2, 0) is 22.4 Å². The minimum Gasteiger partial charge on any atom is -0.323 e. The van der Waals surface area contributed by atoms with Gasteiger partial charge in [0.05, 0.1) is 12.9 Å². The van der Waals surface area contributed by atoms with Gasteiger partial charge in [0.15, 0.2) is 0 Å². The van der Waals surface area contributed by atoms with Crippen LogP contribution < -0.4 is 0 Å². The van der Waals surface area contributed by atoms with Crippen LogP contribution in [0, 0.1) is 5.92 Å². The Kier molecular flexibility index (Phi) is 3.46. The van der Waals surface area contributed by atoms with Crippen LogP contribution in [0.15, 0.2) is 6.20 Å². The molecule has 0 radical (unpaired) electrons. The molecule has 1 aliphatic heterocycles. The molecule has 0 saturated carbocycles. The van der Waals surface area contributed by atoms with Crippen LogP contribution in [0.2, 0.25) is 0 Å². The Balaban J connectivity index is 1.62. The monoisotopic (exact) mass is 276 g/mol. The Hall–Kier alpha value is -1.85. The third kappa shape index (κ3) is 2.30. The Morgan fingerprint density at radius 2 is 2.20 bits per heavy atom. The number of nitrogens with one attached hydrogen (secondary N) is 1. The summed E-state index contributed by atoms with van der Waals surface area (Å²) in [5.41, 5.74) is 2.33. The van der Waals surface area contributed by atoms with E-state index in [0.29, 0.717) is 26.2 Å². The average Bonchev–Trinajstić information content (AvgIpc) is 3.13. The maximum absolute atomic E-state index is 12.5. The zero-order chi connectivity index (χ0) is 14.1. The first kappa shape index (κ1) is 13.1. The SMILES string of the molecule is CCC(=O)N1CCN(C(=O)C2CCc3[nH]ncc3C2)C1. The number of rotatable bonds is 2. The average molecular weight is 276 g/mol. The van der Waals surface area contributed by atoms with Crippen molar-refractivity contribution < 1.29 is 9.59 Å². The topological polar surface area (TPSA) is 69.3 Å². The number of aromatic amines is 1. The summed E-state index contributed by atoms with van der Waals surface area (Å²) in [6, 6.07) is 0. The zero-order valence-corrected chi connectivity index (χ0v) is 11.8. The highest BCUT2D eigenvalue weighted by molar-refractivity contribution is 5.81. The van der Waals surface area contributed by atoms with E-state index < -0.39 is 0 Å². The second kappa shape index (κ2) is 5.26. The van der Waals surface area contributed by atoms with Crippen molar-refractivity contribution in [2.24, 2.45) is 5.92 Å². The van der Waals surface area contributed by atoms with Gasteiger partial charge in [0.25, 0.3) is 0 Å². The van der Waals surface area contributed by atoms with Crippen LogP contribution in [0.3, 0.4) is 0 Å². The van der Waals surface area contributed by atoms with Crippen molar-refractivity contribution in [3.8, 4) is 0 Å². The molecule has 2 heterocycles. The minimum atomic E-state index is 0.0387. The number of hydrogen-bond donors (Lipinski definition) is 1. The fraction of sp³-hybridized carbons (Fsp3) is 0.643. The highest BCUT2D eigenvalue weighted by atomic mass is 16.2. The van der Waals surface area contributed by atoms with E-state index in [4.69, 9.17) is 0 Å². The predicted molar refractivity (Wildman–Crippen MR) is 72.7 cm³/mol. The molecular formula is C14H20N4O2. The molecule has 2 aliphatic rings. The summed E-state index contributed by atoms with van der Waals surface area (Å²) >= 11 is 0. The normalized spacial score (nSPS) is 21.9. The molecule has 108 valence electrons. The largest absolute Gasteiger partial charge is 0.323 e. The molecular weight excluding hydrogens is 256 g/mol. The van der Waals surface area contributed by atoms with Gasteiger partial charge < -0.3 is 9.80 Å². The zero-order valence-electron chi connectivity index (χ0n) is 11.8. The van der Waals surface area contributed by atoms with E-state index >= 15 is 0 Å². The van der Waals surface area contributed by atoms with E-state index in [1.54, 1.807) is 4.90 Å².